The number of carbonyl (C=O) groups is 1. The van der Waals surface area contributed by atoms with Crippen LogP contribution in [0.5, 0.6) is 5.75 Å². The predicted octanol–water partition coefficient (Wildman–Crippen LogP) is 3.87. The minimum absolute atomic E-state index is 0.259. The molecule has 0 heterocycles. The molecule has 0 N–H and O–H groups in total. The third-order valence-electron chi connectivity index (χ3n) is 3.16. The molecular weight excluding hydrogens is 212 g/mol. The number of benzene rings is 1. The van der Waals surface area contributed by atoms with Gasteiger partial charge in [0.2, 0.25) is 0 Å². The molecule has 0 bridgehead atoms. The van der Waals surface area contributed by atoms with Crippen molar-refractivity contribution in [3.63, 3.8) is 0 Å². The molecule has 0 spiro atoms. The maximum absolute atomic E-state index is 11.1. The highest BCUT2D eigenvalue weighted by Crippen LogP contribution is 2.33. The van der Waals surface area contributed by atoms with Gasteiger partial charge in [0.1, 0.15) is 11.5 Å². The second kappa shape index (κ2) is 6.43. The molecule has 1 aromatic rings. The minimum atomic E-state index is 0.259. The van der Waals surface area contributed by atoms with Crippen molar-refractivity contribution < 1.29 is 9.53 Å². The average molecular weight is 234 g/mol. The first-order valence-electron chi connectivity index (χ1n) is 6.22. The van der Waals surface area contributed by atoms with Crippen molar-refractivity contribution in [1.29, 1.82) is 0 Å². The van der Waals surface area contributed by atoms with E-state index in [2.05, 4.69) is 26.0 Å². The lowest BCUT2D eigenvalue weighted by molar-refractivity contribution is -0.117. The molecule has 0 aromatic heterocycles. The Balaban J connectivity index is 2.93. The number of hydrogen-bond acceptors (Lipinski definition) is 2. The van der Waals surface area contributed by atoms with Crippen LogP contribution in [0.4, 0.5) is 0 Å². The Kier molecular flexibility index (Phi) is 5.20. The fourth-order valence-electron chi connectivity index (χ4n) is 2.13. The van der Waals surface area contributed by atoms with Gasteiger partial charge in [0.05, 0.1) is 7.11 Å². The maximum atomic E-state index is 11.1. The monoisotopic (exact) mass is 234 g/mol. The van der Waals surface area contributed by atoms with Crippen LogP contribution >= 0.6 is 0 Å². The molecule has 17 heavy (non-hydrogen) atoms. The summed E-state index contributed by atoms with van der Waals surface area (Å²) in [5, 5.41) is 0. The highest BCUT2D eigenvalue weighted by atomic mass is 16.5. The Labute approximate surface area is 104 Å². The highest BCUT2D eigenvalue weighted by molar-refractivity contribution is 5.75. The Bertz CT molecular complexity index is 383. The van der Waals surface area contributed by atoms with E-state index in [1.807, 2.05) is 6.07 Å². The van der Waals surface area contributed by atoms with Crippen LogP contribution in [0.2, 0.25) is 0 Å². The topological polar surface area (TPSA) is 26.3 Å². The molecule has 0 aliphatic rings. The summed E-state index contributed by atoms with van der Waals surface area (Å²) < 4.78 is 5.41. The van der Waals surface area contributed by atoms with Crippen molar-refractivity contribution in [1.82, 2.24) is 0 Å². The van der Waals surface area contributed by atoms with E-state index < -0.39 is 0 Å². The molecule has 0 amide bonds. The lowest BCUT2D eigenvalue weighted by atomic mass is 9.89. The van der Waals surface area contributed by atoms with E-state index in [0.29, 0.717) is 12.3 Å². The lowest BCUT2D eigenvalue weighted by Crippen LogP contribution is -2.03. The van der Waals surface area contributed by atoms with Crippen LogP contribution in [-0.2, 0) is 4.79 Å². The number of ketones is 1. The van der Waals surface area contributed by atoms with Crippen molar-refractivity contribution >= 4 is 5.78 Å². The first kappa shape index (κ1) is 13.8. The normalized spacial score (nSPS) is 12.2. The molecule has 1 rings (SSSR count). The average Bonchev–Trinajstić information content (AvgIpc) is 2.30. The van der Waals surface area contributed by atoms with Crippen LogP contribution in [0.25, 0.3) is 0 Å². The van der Waals surface area contributed by atoms with Crippen LogP contribution in [0, 0.1) is 6.92 Å². The molecule has 2 heteroatoms. The first-order valence-corrected chi connectivity index (χ1v) is 6.22. The van der Waals surface area contributed by atoms with E-state index in [9.17, 15) is 4.79 Å². The van der Waals surface area contributed by atoms with Gasteiger partial charge in [0.15, 0.2) is 0 Å². The zero-order valence-corrected chi connectivity index (χ0v) is 11.2. The van der Waals surface area contributed by atoms with E-state index in [-0.39, 0.29) is 5.78 Å². The Morgan fingerprint density at radius 2 is 2.12 bits per heavy atom. The maximum Gasteiger partial charge on any atom is 0.129 e. The number of hydrogen-bond donors (Lipinski definition) is 0. The van der Waals surface area contributed by atoms with Crippen LogP contribution in [0.1, 0.15) is 50.2 Å². The van der Waals surface area contributed by atoms with Gasteiger partial charge in [-0.2, -0.15) is 0 Å². The molecular formula is C15H22O2. The van der Waals surface area contributed by atoms with E-state index in [4.69, 9.17) is 4.74 Å². The highest BCUT2D eigenvalue weighted by Gasteiger charge is 2.15. The van der Waals surface area contributed by atoms with Crippen molar-refractivity contribution in [2.45, 2.75) is 46.0 Å². The number of methoxy groups -OCH3 is 1. The minimum Gasteiger partial charge on any atom is -0.496 e. The zero-order chi connectivity index (χ0) is 12.8. The standard InChI is InChI=1S/C15H22O2/c1-5-13(8-7-12(3)16)14-10-11(2)6-9-15(14)17-4/h6,9-10,13H,5,7-8H2,1-4H3. The van der Waals surface area contributed by atoms with Gasteiger partial charge in [-0.25, -0.2) is 0 Å². The fraction of sp³-hybridized carbons (Fsp3) is 0.533. The molecule has 94 valence electrons. The largest absolute Gasteiger partial charge is 0.496 e. The smallest absolute Gasteiger partial charge is 0.129 e. The van der Waals surface area contributed by atoms with Gasteiger partial charge in [-0.05, 0) is 44.2 Å². The van der Waals surface area contributed by atoms with Crippen molar-refractivity contribution in [2.75, 3.05) is 7.11 Å². The molecule has 0 saturated carbocycles. The van der Waals surface area contributed by atoms with Crippen molar-refractivity contribution in [3.05, 3.63) is 29.3 Å². The first-order chi connectivity index (χ1) is 8.08. The molecule has 0 aliphatic heterocycles. The molecule has 0 fully saturated rings. The van der Waals surface area contributed by atoms with Gasteiger partial charge in [0.25, 0.3) is 0 Å². The van der Waals surface area contributed by atoms with E-state index in [1.54, 1.807) is 14.0 Å². The van der Waals surface area contributed by atoms with Gasteiger partial charge in [-0.3, -0.25) is 0 Å². The van der Waals surface area contributed by atoms with E-state index in [1.165, 1.54) is 11.1 Å². The zero-order valence-electron chi connectivity index (χ0n) is 11.2. The molecule has 1 aromatic carbocycles. The fourth-order valence-corrected chi connectivity index (χ4v) is 2.13. The quantitative estimate of drug-likeness (QED) is 0.747. The van der Waals surface area contributed by atoms with E-state index in [0.717, 1.165) is 18.6 Å². The summed E-state index contributed by atoms with van der Waals surface area (Å²) in [4.78, 5) is 11.1. The van der Waals surface area contributed by atoms with Gasteiger partial charge in [-0.15, -0.1) is 0 Å². The summed E-state index contributed by atoms with van der Waals surface area (Å²) >= 11 is 0. The van der Waals surface area contributed by atoms with Crippen LogP contribution in [0.3, 0.4) is 0 Å². The number of rotatable bonds is 6. The van der Waals surface area contributed by atoms with E-state index >= 15 is 0 Å². The van der Waals surface area contributed by atoms with Gasteiger partial charge < -0.3 is 9.53 Å². The molecule has 0 radical (unpaired) electrons. The van der Waals surface area contributed by atoms with Gasteiger partial charge in [-0.1, -0.05) is 24.6 Å². The predicted molar refractivity (Wildman–Crippen MR) is 70.7 cm³/mol. The van der Waals surface area contributed by atoms with Crippen LogP contribution in [0.15, 0.2) is 18.2 Å². The number of aryl methyl sites for hydroxylation is 1. The number of Topliss-reactive ketones (excluding diaryl/α,β-unsaturated/α-hetero) is 1. The second-order valence-corrected chi connectivity index (χ2v) is 4.59. The van der Waals surface area contributed by atoms with Gasteiger partial charge in [0, 0.05) is 6.42 Å². The summed E-state index contributed by atoms with van der Waals surface area (Å²) in [6.07, 6.45) is 2.59. The summed E-state index contributed by atoms with van der Waals surface area (Å²) in [7, 11) is 1.70. The summed E-state index contributed by atoms with van der Waals surface area (Å²) in [5.41, 5.74) is 2.47. The van der Waals surface area contributed by atoms with Gasteiger partial charge >= 0.3 is 0 Å². The lowest BCUT2D eigenvalue weighted by Gasteiger charge is -2.18. The summed E-state index contributed by atoms with van der Waals surface area (Å²) in [6.45, 7) is 5.90. The Morgan fingerprint density at radius 1 is 1.41 bits per heavy atom. The SMILES string of the molecule is CCC(CCC(C)=O)c1cc(C)ccc1OC. The molecule has 0 aliphatic carbocycles. The third-order valence-corrected chi connectivity index (χ3v) is 3.16. The molecule has 1 unspecified atom stereocenters. The van der Waals surface area contributed by atoms with Crippen LogP contribution in [-0.4, -0.2) is 12.9 Å². The van der Waals surface area contributed by atoms with Crippen molar-refractivity contribution in [2.24, 2.45) is 0 Å². The van der Waals surface area contributed by atoms with Crippen LogP contribution < -0.4 is 4.74 Å². The molecule has 1 atom stereocenters. The Hall–Kier alpha value is -1.31. The number of carbonyl (C=O) groups excluding carboxylic acids is 1. The summed E-state index contributed by atoms with van der Waals surface area (Å²) in [6, 6.07) is 6.24. The Morgan fingerprint density at radius 3 is 2.65 bits per heavy atom. The second-order valence-electron chi connectivity index (χ2n) is 4.59. The molecule has 0 saturated heterocycles. The van der Waals surface area contributed by atoms with Crippen molar-refractivity contribution in [3.8, 4) is 5.75 Å². The third kappa shape index (κ3) is 3.88. The molecule has 2 nitrogen and oxygen atoms in total. The summed E-state index contributed by atoms with van der Waals surface area (Å²) in [5.74, 6) is 1.61. The number of ether oxygens (including phenoxy) is 1.